The van der Waals surface area contributed by atoms with Crippen molar-refractivity contribution >= 4 is 0 Å². The van der Waals surface area contributed by atoms with Gasteiger partial charge in [-0.05, 0) is 51.4 Å². The number of nitrogens with zero attached hydrogens (tertiary/aromatic N) is 1. The third kappa shape index (κ3) is 6.62. The van der Waals surface area contributed by atoms with Gasteiger partial charge in [-0.1, -0.05) is 57.0 Å². The van der Waals surface area contributed by atoms with Crippen LogP contribution in [0.1, 0.15) is 56.8 Å². The molecule has 2 heteroatoms. The Hall–Kier alpha value is -0.860. The van der Waals surface area contributed by atoms with Crippen LogP contribution in [0.4, 0.5) is 0 Å². The van der Waals surface area contributed by atoms with E-state index in [-0.39, 0.29) is 0 Å². The minimum Gasteiger partial charge on any atom is -0.310 e. The summed E-state index contributed by atoms with van der Waals surface area (Å²) in [5, 5.41) is 3.66. The standard InChI is InChI=1S/C19H34N2/c1-7-20-19(9-10-21(8-2)14-15(3)4)18-12-16(5)11-17(6)13-18/h11-13,15,19-20H,7-10,14H2,1-6H3. The number of hydrogen-bond acceptors (Lipinski definition) is 2. The molecular weight excluding hydrogens is 256 g/mol. The molecule has 0 heterocycles. The SMILES string of the molecule is CCNC(CCN(CC)CC(C)C)c1cc(C)cc(C)c1. The zero-order valence-electron chi connectivity index (χ0n) is 14.9. The third-order valence-electron chi connectivity index (χ3n) is 3.90. The van der Waals surface area contributed by atoms with Gasteiger partial charge in [-0.2, -0.15) is 0 Å². The molecule has 1 atom stereocenters. The Morgan fingerprint density at radius 2 is 1.67 bits per heavy atom. The monoisotopic (exact) mass is 290 g/mol. The van der Waals surface area contributed by atoms with Gasteiger partial charge in [-0.3, -0.25) is 0 Å². The van der Waals surface area contributed by atoms with Gasteiger partial charge in [-0.15, -0.1) is 0 Å². The molecule has 0 radical (unpaired) electrons. The van der Waals surface area contributed by atoms with Crippen LogP contribution in [0, 0.1) is 19.8 Å². The quantitative estimate of drug-likeness (QED) is 0.728. The molecule has 0 fully saturated rings. The molecular formula is C19H34N2. The van der Waals surface area contributed by atoms with Gasteiger partial charge in [-0.25, -0.2) is 0 Å². The van der Waals surface area contributed by atoms with E-state index in [1.807, 2.05) is 0 Å². The summed E-state index contributed by atoms with van der Waals surface area (Å²) >= 11 is 0. The van der Waals surface area contributed by atoms with Crippen LogP contribution in [-0.4, -0.2) is 31.1 Å². The van der Waals surface area contributed by atoms with Crippen molar-refractivity contribution in [1.82, 2.24) is 10.2 Å². The average Bonchev–Trinajstić information content (AvgIpc) is 2.40. The van der Waals surface area contributed by atoms with Crippen molar-refractivity contribution in [3.63, 3.8) is 0 Å². The second-order valence-corrected chi connectivity index (χ2v) is 6.61. The lowest BCUT2D eigenvalue weighted by atomic mass is 9.98. The zero-order chi connectivity index (χ0) is 15.8. The van der Waals surface area contributed by atoms with Crippen molar-refractivity contribution in [3.8, 4) is 0 Å². The molecule has 0 aliphatic rings. The summed E-state index contributed by atoms with van der Waals surface area (Å²) in [6.07, 6.45) is 1.18. The van der Waals surface area contributed by atoms with Crippen LogP contribution < -0.4 is 5.32 Å². The van der Waals surface area contributed by atoms with Crippen molar-refractivity contribution in [2.24, 2.45) is 5.92 Å². The van der Waals surface area contributed by atoms with Gasteiger partial charge in [0.05, 0.1) is 0 Å². The molecule has 0 aromatic heterocycles. The van der Waals surface area contributed by atoms with E-state index in [9.17, 15) is 0 Å². The Morgan fingerprint density at radius 3 is 2.14 bits per heavy atom. The smallest absolute Gasteiger partial charge is 0.0332 e. The molecule has 120 valence electrons. The van der Waals surface area contributed by atoms with Crippen molar-refractivity contribution in [2.45, 2.75) is 54.0 Å². The van der Waals surface area contributed by atoms with Gasteiger partial charge in [0.2, 0.25) is 0 Å². The number of aryl methyl sites for hydroxylation is 2. The molecule has 1 aromatic rings. The van der Waals surface area contributed by atoms with E-state index in [4.69, 9.17) is 0 Å². The number of nitrogens with one attached hydrogen (secondary N) is 1. The highest BCUT2D eigenvalue weighted by Crippen LogP contribution is 2.20. The maximum absolute atomic E-state index is 3.66. The first-order chi connectivity index (χ1) is 9.96. The van der Waals surface area contributed by atoms with Crippen LogP contribution >= 0.6 is 0 Å². The molecule has 0 bridgehead atoms. The molecule has 1 unspecified atom stereocenters. The first kappa shape index (κ1) is 18.2. The molecule has 0 aliphatic carbocycles. The van der Waals surface area contributed by atoms with E-state index >= 15 is 0 Å². The summed E-state index contributed by atoms with van der Waals surface area (Å²) in [5.41, 5.74) is 4.17. The zero-order valence-corrected chi connectivity index (χ0v) is 14.9. The summed E-state index contributed by atoms with van der Waals surface area (Å²) in [4.78, 5) is 2.57. The lowest BCUT2D eigenvalue weighted by Crippen LogP contribution is -2.32. The highest BCUT2D eigenvalue weighted by Gasteiger charge is 2.13. The molecule has 0 aliphatic heterocycles. The summed E-state index contributed by atoms with van der Waals surface area (Å²) in [6, 6.07) is 7.39. The summed E-state index contributed by atoms with van der Waals surface area (Å²) in [6.45, 7) is 18.0. The van der Waals surface area contributed by atoms with E-state index in [0.29, 0.717) is 6.04 Å². The van der Waals surface area contributed by atoms with Crippen LogP contribution in [0.3, 0.4) is 0 Å². The molecule has 0 amide bonds. The lowest BCUT2D eigenvalue weighted by Gasteiger charge is -2.26. The predicted molar refractivity (Wildman–Crippen MR) is 93.9 cm³/mol. The molecule has 0 saturated heterocycles. The fourth-order valence-electron chi connectivity index (χ4n) is 3.05. The van der Waals surface area contributed by atoms with Gasteiger partial charge in [0.1, 0.15) is 0 Å². The molecule has 1 aromatic carbocycles. The Bertz CT molecular complexity index is 392. The van der Waals surface area contributed by atoms with Crippen LogP contribution in [-0.2, 0) is 0 Å². The van der Waals surface area contributed by atoms with Crippen molar-refractivity contribution in [3.05, 3.63) is 34.9 Å². The van der Waals surface area contributed by atoms with E-state index in [1.54, 1.807) is 0 Å². The van der Waals surface area contributed by atoms with Crippen LogP contribution in [0.5, 0.6) is 0 Å². The lowest BCUT2D eigenvalue weighted by molar-refractivity contribution is 0.242. The fraction of sp³-hybridized carbons (Fsp3) is 0.684. The number of hydrogen-bond donors (Lipinski definition) is 1. The first-order valence-electron chi connectivity index (χ1n) is 8.50. The summed E-state index contributed by atoms with van der Waals surface area (Å²) in [7, 11) is 0. The maximum atomic E-state index is 3.66. The molecule has 21 heavy (non-hydrogen) atoms. The van der Waals surface area contributed by atoms with Gasteiger partial charge in [0, 0.05) is 12.6 Å². The number of rotatable bonds is 9. The van der Waals surface area contributed by atoms with Crippen molar-refractivity contribution < 1.29 is 0 Å². The van der Waals surface area contributed by atoms with E-state index < -0.39 is 0 Å². The number of benzene rings is 1. The van der Waals surface area contributed by atoms with Gasteiger partial charge >= 0.3 is 0 Å². The predicted octanol–water partition coefficient (Wildman–Crippen LogP) is 4.32. The van der Waals surface area contributed by atoms with Crippen molar-refractivity contribution in [1.29, 1.82) is 0 Å². The van der Waals surface area contributed by atoms with Crippen molar-refractivity contribution in [2.75, 3.05) is 26.2 Å². The minimum atomic E-state index is 0.467. The summed E-state index contributed by atoms with van der Waals surface area (Å²) < 4.78 is 0. The third-order valence-corrected chi connectivity index (χ3v) is 3.90. The highest BCUT2D eigenvalue weighted by atomic mass is 15.1. The van der Waals surface area contributed by atoms with Crippen LogP contribution in [0.15, 0.2) is 18.2 Å². The Balaban J connectivity index is 2.72. The molecule has 1 N–H and O–H groups in total. The van der Waals surface area contributed by atoms with E-state index in [2.05, 4.69) is 70.0 Å². The van der Waals surface area contributed by atoms with E-state index in [0.717, 1.165) is 19.0 Å². The van der Waals surface area contributed by atoms with Gasteiger partial charge in [0.15, 0.2) is 0 Å². The molecule has 0 saturated carbocycles. The first-order valence-corrected chi connectivity index (χ1v) is 8.50. The Morgan fingerprint density at radius 1 is 1.05 bits per heavy atom. The van der Waals surface area contributed by atoms with E-state index in [1.165, 1.54) is 36.2 Å². The van der Waals surface area contributed by atoms with Crippen LogP contribution in [0.2, 0.25) is 0 Å². The molecule has 0 spiro atoms. The largest absolute Gasteiger partial charge is 0.310 e. The second kappa shape index (κ2) is 9.22. The Kier molecular flexibility index (Phi) is 7.98. The van der Waals surface area contributed by atoms with Gasteiger partial charge < -0.3 is 10.2 Å². The second-order valence-electron chi connectivity index (χ2n) is 6.61. The van der Waals surface area contributed by atoms with Gasteiger partial charge in [0.25, 0.3) is 0 Å². The normalized spacial score (nSPS) is 13.1. The fourth-order valence-corrected chi connectivity index (χ4v) is 3.05. The minimum absolute atomic E-state index is 0.467. The molecule has 2 nitrogen and oxygen atoms in total. The maximum Gasteiger partial charge on any atom is 0.0332 e. The Labute approximate surface area is 131 Å². The summed E-state index contributed by atoms with van der Waals surface area (Å²) in [5.74, 6) is 0.740. The topological polar surface area (TPSA) is 15.3 Å². The van der Waals surface area contributed by atoms with Crippen LogP contribution in [0.25, 0.3) is 0 Å². The molecule has 1 rings (SSSR count). The average molecular weight is 290 g/mol. The highest BCUT2D eigenvalue weighted by molar-refractivity contribution is 5.30.